The van der Waals surface area contributed by atoms with Gasteiger partial charge in [0.2, 0.25) is 0 Å². The number of benzene rings is 2. The van der Waals surface area contributed by atoms with E-state index in [2.05, 4.69) is 30.7 Å². The number of halogens is 1. The van der Waals surface area contributed by atoms with E-state index in [0.717, 1.165) is 0 Å². The van der Waals surface area contributed by atoms with Crippen molar-refractivity contribution in [1.82, 2.24) is 14.8 Å². The van der Waals surface area contributed by atoms with Gasteiger partial charge < -0.3 is 14.2 Å². The number of hydrogen-bond acceptors (Lipinski definition) is 7. The number of rotatable bonds is 9. The minimum atomic E-state index is -3.88. The summed E-state index contributed by atoms with van der Waals surface area (Å²) in [6.45, 7) is 0.884. The van der Waals surface area contributed by atoms with Crippen LogP contribution in [0.15, 0.2) is 58.4 Å². The molecule has 3 rings (SSSR count). The molecule has 154 valence electrons. The third-order valence-electron chi connectivity index (χ3n) is 3.87. The van der Waals surface area contributed by atoms with Gasteiger partial charge in [-0.3, -0.25) is 4.72 Å². The van der Waals surface area contributed by atoms with Gasteiger partial charge in [-0.15, -0.1) is 0 Å². The minimum absolute atomic E-state index is 0.0210. The molecule has 0 amide bonds. The van der Waals surface area contributed by atoms with Crippen LogP contribution in [-0.4, -0.2) is 44.0 Å². The molecule has 0 atom stereocenters. The maximum absolute atomic E-state index is 12.9. The highest BCUT2D eigenvalue weighted by Gasteiger charge is 2.21. The number of ether oxygens (including phenoxy) is 3. The molecule has 29 heavy (non-hydrogen) atoms. The van der Waals surface area contributed by atoms with Crippen molar-refractivity contribution >= 4 is 31.6 Å². The molecule has 0 aliphatic rings. The number of anilines is 1. The van der Waals surface area contributed by atoms with E-state index < -0.39 is 10.0 Å². The van der Waals surface area contributed by atoms with Crippen LogP contribution in [0.4, 0.5) is 5.69 Å². The molecule has 0 saturated carbocycles. The van der Waals surface area contributed by atoms with Gasteiger partial charge in [0.05, 0.1) is 26.5 Å². The molecule has 0 bridgehead atoms. The summed E-state index contributed by atoms with van der Waals surface area (Å²) in [7, 11) is -0.967. The Bertz CT molecular complexity index is 1070. The number of nitrogens with one attached hydrogen (secondary N) is 1. The molecule has 0 radical (unpaired) electrons. The van der Waals surface area contributed by atoms with E-state index in [4.69, 9.17) is 14.2 Å². The van der Waals surface area contributed by atoms with Crippen LogP contribution in [-0.2, 0) is 16.6 Å². The largest absolute Gasteiger partial charge is 0.493 e. The Kier molecular flexibility index (Phi) is 6.60. The lowest BCUT2D eigenvalue weighted by atomic mass is 10.3. The van der Waals surface area contributed by atoms with Crippen LogP contribution < -0.4 is 18.9 Å². The van der Waals surface area contributed by atoms with E-state index in [0.29, 0.717) is 40.6 Å². The minimum Gasteiger partial charge on any atom is -0.493 e. The third-order valence-corrected chi connectivity index (χ3v) is 6.21. The monoisotopic (exact) mass is 482 g/mol. The molecule has 11 heteroatoms. The number of methoxy groups -OCH3 is 2. The Morgan fingerprint density at radius 1 is 1.14 bits per heavy atom. The fourth-order valence-corrected chi connectivity index (χ4v) is 4.59. The van der Waals surface area contributed by atoms with Gasteiger partial charge in [-0.25, -0.2) is 18.1 Å². The van der Waals surface area contributed by atoms with Gasteiger partial charge >= 0.3 is 0 Å². The van der Waals surface area contributed by atoms with Crippen LogP contribution >= 0.6 is 15.9 Å². The van der Waals surface area contributed by atoms with Crippen molar-refractivity contribution in [2.75, 3.05) is 25.5 Å². The Hall–Kier alpha value is -2.79. The van der Waals surface area contributed by atoms with Crippen molar-refractivity contribution in [3.8, 4) is 17.2 Å². The summed E-state index contributed by atoms with van der Waals surface area (Å²) in [6.07, 6.45) is 3.04. The molecular weight excluding hydrogens is 464 g/mol. The lowest BCUT2D eigenvalue weighted by molar-refractivity contribution is 0.291. The van der Waals surface area contributed by atoms with Gasteiger partial charge in [0.25, 0.3) is 10.0 Å². The summed E-state index contributed by atoms with van der Waals surface area (Å²) in [6, 6.07) is 9.61. The molecule has 0 fully saturated rings. The van der Waals surface area contributed by atoms with E-state index >= 15 is 0 Å². The lowest BCUT2D eigenvalue weighted by Crippen LogP contribution is -2.14. The van der Waals surface area contributed by atoms with Gasteiger partial charge in [-0.05, 0) is 34.1 Å². The number of hydrogen-bond donors (Lipinski definition) is 1. The van der Waals surface area contributed by atoms with Crippen molar-refractivity contribution in [1.29, 1.82) is 0 Å². The molecule has 0 saturated heterocycles. The van der Waals surface area contributed by atoms with E-state index in [-0.39, 0.29) is 4.90 Å². The van der Waals surface area contributed by atoms with Crippen molar-refractivity contribution in [2.24, 2.45) is 0 Å². The van der Waals surface area contributed by atoms with Crippen LogP contribution in [0.1, 0.15) is 0 Å². The molecule has 9 nitrogen and oxygen atoms in total. The van der Waals surface area contributed by atoms with Gasteiger partial charge in [-0.1, -0.05) is 6.07 Å². The van der Waals surface area contributed by atoms with E-state index in [1.54, 1.807) is 35.3 Å². The first-order chi connectivity index (χ1) is 13.9. The molecule has 3 aromatic rings. The fourth-order valence-electron chi connectivity index (χ4n) is 2.51. The van der Waals surface area contributed by atoms with Gasteiger partial charge in [0.1, 0.15) is 29.9 Å². The first-order valence-corrected chi connectivity index (χ1v) is 10.7. The van der Waals surface area contributed by atoms with Crippen LogP contribution in [0.3, 0.4) is 0 Å². The molecular formula is C18H19BrN4O5S. The normalized spacial score (nSPS) is 11.1. The second-order valence-electron chi connectivity index (χ2n) is 5.78. The van der Waals surface area contributed by atoms with Crippen LogP contribution in [0.25, 0.3) is 0 Å². The highest BCUT2D eigenvalue weighted by molar-refractivity contribution is 9.10. The summed E-state index contributed by atoms with van der Waals surface area (Å²) >= 11 is 3.28. The first kappa shape index (κ1) is 20.9. The number of aromatic nitrogens is 3. The zero-order chi connectivity index (χ0) is 20.9. The maximum atomic E-state index is 12.9. The Morgan fingerprint density at radius 2 is 1.90 bits per heavy atom. The Morgan fingerprint density at radius 3 is 2.59 bits per heavy atom. The molecule has 1 aromatic heterocycles. The average molecular weight is 483 g/mol. The van der Waals surface area contributed by atoms with Gasteiger partial charge in [-0.2, -0.15) is 5.10 Å². The molecule has 0 spiro atoms. The highest BCUT2D eigenvalue weighted by Crippen LogP contribution is 2.36. The molecule has 0 aliphatic carbocycles. The predicted molar refractivity (Wildman–Crippen MR) is 110 cm³/mol. The van der Waals surface area contributed by atoms with Crippen molar-refractivity contribution in [2.45, 2.75) is 11.4 Å². The molecule has 1 heterocycles. The van der Waals surface area contributed by atoms with Crippen molar-refractivity contribution in [3.05, 3.63) is 53.5 Å². The first-order valence-electron chi connectivity index (χ1n) is 8.42. The highest BCUT2D eigenvalue weighted by atomic mass is 79.9. The molecule has 0 aliphatic heterocycles. The standard InChI is InChI=1S/C18H19BrN4O5S/c1-26-16-9-15(19)18(10-17(16)27-2)29(24,25)22-13-4-3-5-14(8-13)28-7-6-23-12-20-11-21-23/h3-5,8-12,22H,6-7H2,1-2H3. The summed E-state index contributed by atoms with van der Waals surface area (Å²) < 4.78 is 46.3. The van der Waals surface area contributed by atoms with Crippen molar-refractivity contribution in [3.63, 3.8) is 0 Å². The molecule has 1 N–H and O–H groups in total. The van der Waals surface area contributed by atoms with E-state index in [9.17, 15) is 8.42 Å². The number of sulfonamides is 1. The third kappa shape index (κ3) is 5.18. The van der Waals surface area contributed by atoms with Gasteiger partial charge in [0, 0.05) is 16.6 Å². The second kappa shape index (κ2) is 9.14. The molecule has 0 unspecified atom stereocenters. The summed E-state index contributed by atoms with van der Waals surface area (Å²) in [5.41, 5.74) is 0.366. The summed E-state index contributed by atoms with van der Waals surface area (Å²) in [5.74, 6) is 1.25. The molecule has 2 aromatic carbocycles. The SMILES string of the molecule is COc1cc(Br)c(S(=O)(=O)Nc2cccc(OCCn3cncn3)c2)cc1OC. The zero-order valence-electron chi connectivity index (χ0n) is 15.7. The maximum Gasteiger partial charge on any atom is 0.263 e. The van der Waals surface area contributed by atoms with Gasteiger partial charge in [0.15, 0.2) is 11.5 Å². The van der Waals surface area contributed by atoms with Crippen LogP contribution in [0.2, 0.25) is 0 Å². The van der Waals surface area contributed by atoms with E-state index in [1.807, 2.05) is 0 Å². The topological polar surface area (TPSA) is 105 Å². The van der Waals surface area contributed by atoms with E-state index in [1.165, 1.54) is 32.7 Å². The van der Waals surface area contributed by atoms with Crippen LogP contribution in [0.5, 0.6) is 17.2 Å². The van der Waals surface area contributed by atoms with Crippen molar-refractivity contribution < 1.29 is 22.6 Å². The fraction of sp³-hybridized carbons (Fsp3) is 0.222. The Labute approximate surface area is 176 Å². The predicted octanol–water partition coefficient (Wildman–Crippen LogP) is 2.94. The quantitative estimate of drug-likeness (QED) is 0.499. The summed E-state index contributed by atoms with van der Waals surface area (Å²) in [5, 5.41) is 3.99. The average Bonchev–Trinajstić information content (AvgIpc) is 3.21. The second-order valence-corrected chi connectivity index (χ2v) is 8.28. The number of nitrogens with zero attached hydrogens (tertiary/aromatic N) is 3. The summed E-state index contributed by atoms with van der Waals surface area (Å²) in [4.78, 5) is 3.88. The van der Waals surface area contributed by atoms with Crippen LogP contribution in [0, 0.1) is 0 Å². The lowest BCUT2D eigenvalue weighted by Gasteiger charge is -2.14. The smallest absolute Gasteiger partial charge is 0.263 e. The Balaban J connectivity index is 1.75. The zero-order valence-corrected chi connectivity index (χ0v) is 18.1.